The van der Waals surface area contributed by atoms with Crippen LogP contribution in [0, 0.1) is 0 Å². The predicted octanol–water partition coefficient (Wildman–Crippen LogP) is 4.08. The molecule has 1 amide bonds. The molecule has 144 valence electrons. The van der Waals surface area contributed by atoms with Gasteiger partial charge in [0.2, 0.25) is 5.91 Å². The lowest BCUT2D eigenvalue weighted by Crippen LogP contribution is -2.14. The Kier molecular flexibility index (Phi) is 5.92. The third kappa shape index (κ3) is 3.61. The zero-order valence-electron chi connectivity index (χ0n) is 15.3. The summed E-state index contributed by atoms with van der Waals surface area (Å²) in [4.78, 5) is 25.7. The van der Waals surface area contributed by atoms with E-state index in [1.807, 2.05) is 12.1 Å². The van der Waals surface area contributed by atoms with E-state index >= 15 is 0 Å². The minimum absolute atomic E-state index is 0.175. The molecule has 0 radical (unpaired) electrons. The van der Waals surface area contributed by atoms with Crippen molar-refractivity contribution in [3.05, 3.63) is 28.1 Å². The number of halogens is 1. The van der Waals surface area contributed by atoms with Gasteiger partial charge in [0.25, 0.3) is 0 Å². The number of carbonyl (C=O) groups is 2. The Balaban J connectivity index is 2.12. The van der Waals surface area contributed by atoms with Crippen LogP contribution in [0.1, 0.15) is 34.1 Å². The highest BCUT2D eigenvalue weighted by atomic mass is 35.5. The molecule has 1 aliphatic carbocycles. The van der Waals surface area contributed by atoms with Gasteiger partial charge in [0.15, 0.2) is 11.5 Å². The van der Waals surface area contributed by atoms with Crippen LogP contribution in [0.4, 0.5) is 5.00 Å². The number of alkyl halides is 1. The number of fused-ring (bicyclic) bond motifs is 3. The Morgan fingerprint density at radius 1 is 1.22 bits per heavy atom. The Labute approximate surface area is 166 Å². The van der Waals surface area contributed by atoms with E-state index in [1.54, 1.807) is 21.1 Å². The monoisotopic (exact) mass is 409 g/mol. The molecule has 0 saturated carbocycles. The van der Waals surface area contributed by atoms with Crippen molar-refractivity contribution < 1.29 is 23.8 Å². The summed E-state index contributed by atoms with van der Waals surface area (Å²) in [6.07, 6.45) is 0.821. The number of thiophene rings is 1. The number of amides is 1. The maximum absolute atomic E-state index is 12.7. The van der Waals surface area contributed by atoms with Crippen LogP contribution in [0.25, 0.3) is 11.1 Å². The molecule has 3 rings (SSSR count). The van der Waals surface area contributed by atoms with Crippen molar-refractivity contribution in [2.45, 2.75) is 19.8 Å². The lowest BCUT2D eigenvalue weighted by molar-refractivity contribution is -0.115. The van der Waals surface area contributed by atoms with Crippen molar-refractivity contribution in [1.29, 1.82) is 0 Å². The fraction of sp³-hybridized carbons (Fsp3) is 0.368. The Morgan fingerprint density at radius 2 is 1.93 bits per heavy atom. The van der Waals surface area contributed by atoms with E-state index in [0.717, 1.165) is 21.6 Å². The van der Waals surface area contributed by atoms with Gasteiger partial charge in [0.1, 0.15) is 10.6 Å². The quantitative estimate of drug-likeness (QED) is 0.470. The second kappa shape index (κ2) is 8.19. The summed E-state index contributed by atoms with van der Waals surface area (Å²) >= 11 is 7.03. The molecule has 1 N–H and O–H groups in total. The van der Waals surface area contributed by atoms with Crippen LogP contribution in [0.15, 0.2) is 12.1 Å². The standard InChI is InChI=1S/C19H20ClNO5S/c1-4-26-19(23)17-16-11-9-13(25-3)12(24-2)7-10(11)8-14(16)27-18(17)21-15(22)5-6-20/h7,9H,4-6,8H2,1-3H3,(H,21,22). The molecule has 1 aliphatic rings. The van der Waals surface area contributed by atoms with Crippen molar-refractivity contribution >= 4 is 39.8 Å². The topological polar surface area (TPSA) is 73.9 Å². The van der Waals surface area contributed by atoms with Gasteiger partial charge in [0.05, 0.1) is 20.8 Å². The number of benzene rings is 1. The molecule has 1 aromatic heterocycles. The van der Waals surface area contributed by atoms with Crippen LogP contribution in [-0.2, 0) is 16.0 Å². The van der Waals surface area contributed by atoms with E-state index in [-0.39, 0.29) is 24.8 Å². The van der Waals surface area contributed by atoms with Gasteiger partial charge in [-0.1, -0.05) is 0 Å². The first-order chi connectivity index (χ1) is 13.0. The van der Waals surface area contributed by atoms with Crippen LogP contribution in [-0.4, -0.2) is 38.6 Å². The van der Waals surface area contributed by atoms with Crippen molar-refractivity contribution in [3.63, 3.8) is 0 Å². The second-order valence-electron chi connectivity index (χ2n) is 5.85. The van der Waals surface area contributed by atoms with Crippen molar-refractivity contribution in [1.82, 2.24) is 0 Å². The first kappa shape index (κ1) is 19.5. The Morgan fingerprint density at radius 3 is 2.56 bits per heavy atom. The molecule has 1 aromatic carbocycles. The smallest absolute Gasteiger partial charge is 0.341 e. The summed E-state index contributed by atoms with van der Waals surface area (Å²) in [5.41, 5.74) is 3.10. The minimum Gasteiger partial charge on any atom is -0.493 e. The highest BCUT2D eigenvalue weighted by molar-refractivity contribution is 7.17. The zero-order valence-corrected chi connectivity index (χ0v) is 16.9. The first-order valence-electron chi connectivity index (χ1n) is 8.47. The summed E-state index contributed by atoms with van der Waals surface area (Å²) in [5, 5.41) is 3.29. The van der Waals surface area contributed by atoms with Gasteiger partial charge in [-0.25, -0.2) is 4.79 Å². The third-order valence-corrected chi connectivity index (χ3v) is 5.56. The van der Waals surface area contributed by atoms with Gasteiger partial charge in [0, 0.05) is 29.2 Å². The average Bonchev–Trinajstić information content (AvgIpc) is 3.15. The number of ether oxygens (including phenoxy) is 3. The summed E-state index contributed by atoms with van der Waals surface area (Å²) < 4.78 is 16.0. The lowest BCUT2D eigenvalue weighted by Gasteiger charge is -2.12. The largest absolute Gasteiger partial charge is 0.493 e. The van der Waals surface area contributed by atoms with Crippen LogP contribution < -0.4 is 14.8 Å². The number of carbonyl (C=O) groups excluding carboxylic acids is 2. The van der Waals surface area contributed by atoms with Crippen molar-refractivity contribution in [2.24, 2.45) is 0 Å². The molecule has 0 atom stereocenters. The van der Waals surface area contributed by atoms with Crippen molar-refractivity contribution in [2.75, 3.05) is 32.0 Å². The molecule has 8 heteroatoms. The molecule has 0 spiro atoms. The van der Waals surface area contributed by atoms with E-state index in [9.17, 15) is 9.59 Å². The third-order valence-electron chi connectivity index (χ3n) is 4.26. The minimum atomic E-state index is -0.459. The number of anilines is 1. The molecule has 27 heavy (non-hydrogen) atoms. The summed E-state index contributed by atoms with van der Waals surface area (Å²) in [6, 6.07) is 3.78. The molecular formula is C19H20ClNO5S. The molecule has 0 bridgehead atoms. The summed E-state index contributed by atoms with van der Waals surface area (Å²) in [5.74, 6) is 0.741. The lowest BCUT2D eigenvalue weighted by atomic mass is 10.0. The van der Waals surface area contributed by atoms with E-state index in [0.29, 0.717) is 28.5 Å². The average molecular weight is 410 g/mol. The van der Waals surface area contributed by atoms with Crippen LogP contribution in [0.2, 0.25) is 0 Å². The van der Waals surface area contributed by atoms with E-state index in [2.05, 4.69) is 5.32 Å². The molecule has 0 unspecified atom stereocenters. The van der Waals surface area contributed by atoms with Crippen LogP contribution >= 0.6 is 22.9 Å². The summed E-state index contributed by atoms with van der Waals surface area (Å²) in [6.45, 7) is 2.00. The fourth-order valence-corrected chi connectivity index (χ4v) is 4.53. The van der Waals surface area contributed by atoms with Gasteiger partial charge in [-0.2, -0.15) is 0 Å². The van der Waals surface area contributed by atoms with Crippen molar-refractivity contribution in [3.8, 4) is 22.6 Å². The van der Waals surface area contributed by atoms with Gasteiger partial charge in [-0.05, 0) is 30.2 Å². The summed E-state index contributed by atoms with van der Waals surface area (Å²) in [7, 11) is 3.15. The SMILES string of the molecule is CCOC(=O)c1c(NC(=O)CCCl)sc2c1-c1cc(OC)c(OC)cc1C2. The second-order valence-corrected chi connectivity index (χ2v) is 7.34. The van der Waals surface area contributed by atoms with Gasteiger partial charge >= 0.3 is 5.97 Å². The van der Waals surface area contributed by atoms with Gasteiger partial charge in [-0.3, -0.25) is 4.79 Å². The van der Waals surface area contributed by atoms with Gasteiger partial charge in [-0.15, -0.1) is 22.9 Å². The normalized spacial score (nSPS) is 11.6. The number of rotatable bonds is 7. The molecule has 0 fully saturated rings. The molecular weight excluding hydrogens is 390 g/mol. The number of hydrogen-bond acceptors (Lipinski definition) is 6. The highest BCUT2D eigenvalue weighted by Crippen LogP contribution is 2.50. The van der Waals surface area contributed by atoms with Crippen LogP contribution in [0.3, 0.4) is 0 Å². The number of esters is 1. The maximum atomic E-state index is 12.7. The van der Waals surface area contributed by atoms with Crippen LogP contribution in [0.5, 0.6) is 11.5 Å². The number of nitrogens with one attached hydrogen (secondary N) is 1. The molecule has 1 heterocycles. The Bertz CT molecular complexity index is 893. The number of hydrogen-bond donors (Lipinski definition) is 1. The van der Waals surface area contributed by atoms with Gasteiger partial charge < -0.3 is 19.5 Å². The Hall–Kier alpha value is -2.25. The molecule has 0 aliphatic heterocycles. The van der Waals surface area contributed by atoms with E-state index < -0.39 is 5.97 Å². The maximum Gasteiger partial charge on any atom is 0.341 e. The molecule has 6 nitrogen and oxygen atoms in total. The first-order valence-corrected chi connectivity index (χ1v) is 9.82. The highest BCUT2D eigenvalue weighted by Gasteiger charge is 2.33. The molecule has 2 aromatic rings. The predicted molar refractivity (Wildman–Crippen MR) is 106 cm³/mol. The van der Waals surface area contributed by atoms with E-state index in [1.165, 1.54) is 11.3 Å². The number of methoxy groups -OCH3 is 2. The zero-order chi connectivity index (χ0) is 19.6. The fourth-order valence-electron chi connectivity index (χ4n) is 3.12. The molecule has 0 saturated heterocycles. The van der Waals surface area contributed by atoms with E-state index in [4.69, 9.17) is 25.8 Å².